The molecule has 0 aliphatic heterocycles. The van der Waals surface area contributed by atoms with Crippen LogP contribution >= 0.6 is 11.6 Å². The first-order chi connectivity index (χ1) is 27.8. The minimum absolute atomic E-state index is 0.248. The third kappa shape index (κ3) is 9.24. The average molecular weight is 775 g/mol. The Labute approximate surface area is 342 Å². The van der Waals surface area contributed by atoms with Gasteiger partial charge in [0.15, 0.2) is 11.6 Å². The number of nitrogens with one attached hydrogen (secondary N) is 4. The molecule has 1 aliphatic rings. The zero-order valence-electron chi connectivity index (χ0n) is 33.1. The summed E-state index contributed by atoms with van der Waals surface area (Å²) in [7, 11) is 0. The van der Waals surface area contributed by atoms with E-state index >= 15 is 9.59 Å². The number of benzene rings is 6. The van der Waals surface area contributed by atoms with Crippen molar-refractivity contribution in [3.63, 3.8) is 0 Å². The van der Waals surface area contributed by atoms with Crippen LogP contribution in [0.1, 0.15) is 108 Å². The Morgan fingerprint density at radius 3 is 0.860 bits per heavy atom. The second-order valence-corrected chi connectivity index (χ2v) is 15.3. The standard InChI is InChI=1S/C50H51ClN4O2/c1-4-7-10-33-13-21-37(22-14-33)52-41-29-30-42(53-38-23-15-34(16-24-38)11-8-5-2)46-45(41)49(56)47-43(54-39-25-17-35(18-26-39)12-9-6-3)31-32-44(48(47)50(46)57)55-40-27-19-36(51)20-28-40/h13-32,52-55H,4-12H2,1-3H3. The highest BCUT2D eigenvalue weighted by molar-refractivity contribution is 6.35. The molecule has 0 unspecified atom stereocenters. The predicted molar refractivity (Wildman–Crippen MR) is 239 cm³/mol. The van der Waals surface area contributed by atoms with Gasteiger partial charge in [0.2, 0.25) is 0 Å². The van der Waals surface area contributed by atoms with E-state index in [4.69, 9.17) is 11.6 Å². The van der Waals surface area contributed by atoms with E-state index in [9.17, 15) is 0 Å². The summed E-state index contributed by atoms with van der Waals surface area (Å²) in [4.78, 5) is 30.6. The van der Waals surface area contributed by atoms with Crippen molar-refractivity contribution in [1.29, 1.82) is 0 Å². The predicted octanol–water partition coefficient (Wildman–Crippen LogP) is 14.1. The molecular formula is C50H51ClN4O2. The van der Waals surface area contributed by atoms with Gasteiger partial charge in [-0.15, -0.1) is 0 Å². The normalized spacial score (nSPS) is 11.9. The summed E-state index contributed by atoms with van der Waals surface area (Å²) < 4.78 is 0. The van der Waals surface area contributed by atoms with Crippen LogP contribution in [0.3, 0.4) is 0 Å². The minimum atomic E-state index is -0.254. The fourth-order valence-electron chi connectivity index (χ4n) is 7.38. The quantitative estimate of drug-likeness (QED) is 0.0738. The zero-order valence-corrected chi connectivity index (χ0v) is 33.9. The highest BCUT2D eigenvalue weighted by Gasteiger charge is 2.38. The van der Waals surface area contributed by atoms with Gasteiger partial charge in [0.1, 0.15) is 0 Å². The molecule has 0 saturated carbocycles. The first-order valence-corrected chi connectivity index (χ1v) is 20.8. The zero-order chi connectivity index (χ0) is 39.7. The number of fused-ring (bicyclic) bond motifs is 2. The molecule has 0 radical (unpaired) electrons. The number of hydrogen-bond donors (Lipinski definition) is 4. The average Bonchev–Trinajstić information content (AvgIpc) is 3.23. The van der Waals surface area contributed by atoms with Crippen molar-refractivity contribution in [3.05, 3.63) is 165 Å². The smallest absolute Gasteiger partial charge is 0.198 e. The molecule has 7 heteroatoms. The molecule has 6 aromatic rings. The lowest BCUT2D eigenvalue weighted by Gasteiger charge is -2.27. The summed E-state index contributed by atoms with van der Waals surface area (Å²) in [5.74, 6) is -0.502. The Balaban J connectivity index is 1.34. The van der Waals surface area contributed by atoms with Crippen LogP contribution in [-0.2, 0) is 19.3 Å². The molecule has 0 bridgehead atoms. The fraction of sp³-hybridized carbons (Fsp3) is 0.240. The van der Waals surface area contributed by atoms with Gasteiger partial charge in [-0.25, -0.2) is 0 Å². The summed E-state index contributed by atoms with van der Waals surface area (Å²) in [5.41, 5.74) is 10.5. The van der Waals surface area contributed by atoms with Crippen LogP contribution in [0.25, 0.3) is 0 Å². The number of carbonyl (C=O) groups excluding carboxylic acids is 2. The number of ketones is 2. The largest absolute Gasteiger partial charge is 0.355 e. The number of anilines is 8. The molecule has 6 aromatic carbocycles. The van der Waals surface area contributed by atoms with E-state index in [1.165, 1.54) is 16.7 Å². The molecule has 0 amide bonds. The van der Waals surface area contributed by atoms with E-state index in [-0.39, 0.29) is 11.6 Å². The number of carbonyl (C=O) groups is 2. The van der Waals surface area contributed by atoms with E-state index in [0.29, 0.717) is 50.0 Å². The van der Waals surface area contributed by atoms with E-state index in [1.54, 1.807) is 12.1 Å². The molecule has 1 aliphatic carbocycles. The molecule has 0 spiro atoms. The molecule has 0 atom stereocenters. The molecule has 290 valence electrons. The molecule has 0 saturated heterocycles. The fourth-order valence-corrected chi connectivity index (χ4v) is 7.50. The molecule has 0 aromatic heterocycles. The van der Waals surface area contributed by atoms with Crippen LogP contribution < -0.4 is 21.3 Å². The lowest BCUT2D eigenvalue weighted by molar-refractivity contribution is 0.0981. The summed E-state index contributed by atoms with van der Waals surface area (Å²) in [6, 6.07) is 39.8. The first kappa shape index (κ1) is 39.4. The number of rotatable bonds is 17. The van der Waals surface area contributed by atoms with E-state index in [0.717, 1.165) is 80.5 Å². The highest BCUT2D eigenvalue weighted by atomic mass is 35.5. The Morgan fingerprint density at radius 2 is 0.614 bits per heavy atom. The van der Waals surface area contributed by atoms with E-state index in [2.05, 4.69) is 78.4 Å². The van der Waals surface area contributed by atoms with Gasteiger partial charge in [-0.05, 0) is 140 Å². The van der Waals surface area contributed by atoms with E-state index in [1.807, 2.05) is 72.8 Å². The number of hydrogen-bond acceptors (Lipinski definition) is 6. The van der Waals surface area contributed by atoms with Gasteiger partial charge in [0, 0.05) is 27.8 Å². The van der Waals surface area contributed by atoms with Gasteiger partial charge >= 0.3 is 0 Å². The SMILES string of the molecule is CCCCc1ccc(Nc2ccc(Nc3ccc(Cl)cc3)c3c2C(=O)c2c(Nc4ccc(CCCC)cc4)ccc(Nc4ccc(CCCC)cc4)c2C3=O)cc1. The van der Waals surface area contributed by atoms with Crippen LogP contribution in [0.5, 0.6) is 0 Å². The van der Waals surface area contributed by atoms with Gasteiger partial charge < -0.3 is 21.3 Å². The number of halogens is 1. The highest BCUT2D eigenvalue weighted by Crippen LogP contribution is 2.44. The Kier molecular flexibility index (Phi) is 12.7. The van der Waals surface area contributed by atoms with Gasteiger partial charge in [0.05, 0.1) is 45.0 Å². The lowest BCUT2D eigenvalue weighted by Crippen LogP contribution is -2.25. The van der Waals surface area contributed by atoms with Crippen LogP contribution in [0, 0.1) is 0 Å². The maximum atomic E-state index is 15.3. The van der Waals surface area contributed by atoms with Crippen molar-refractivity contribution < 1.29 is 9.59 Å². The lowest BCUT2D eigenvalue weighted by atomic mass is 9.80. The monoisotopic (exact) mass is 774 g/mol. The summed E-state index contributed by atoms with van der Waals surface area (Å²) in [6.07, 6.45) is 9.80. The Hall–Kier alpha value is -5.85. The van der Waals surface area contributed by atoms with Gasteiger partial charge in [-0.1, -0.05) is 88.0 Å². The minimum Gasteiger partial charge on any atom is -0.355 e. The van der Waals surface area contributed by atoms with E-state index < -0.39 is 0 Å². The second kappa shape index (κ2) is 18.4. The maximum absolute atomic E-state index is 15.3. The molecule has 57 heavy (non-hydrogen) atoms. The van der Waals surface area contributed by atoms with Crippen molar-refractivity contribution in [2.24, 2.45) is 0 Å². The van der Waals surface area contributed by atoms with Crippen molar-refractivity contribution in [2.45, 2.75) is 78.6 Å². The molecule has 0 heterocycles. The van der Waals surface area contributed by atoms with Gasteiger partial charge in [-0.2, -0.15) is 0 Å². The van der Waals surface area contributed by atoms with Crippen LogP contribution in [0.15, 0.2) is 121 Å². The van der Waals surface area contributed by atoms with Crippen LogP contribution in [0.2, 0.25) is 5.02 Å². The van der Waals surface area contributed by atoms with Crippen molar-refractivity contribution >= 4 is 68.7 Å². The summed E-state index contributed by atoms with van der Waals surface area (Å²) in [5, 5.41) is 14.6. The molecule has 7 rings (SSSR count). The molecular weight excluding hydrogens is 724 g/mol. The molecule has 4 N–H and O–H groups in total. The molecule has 0 fully saturated rings. The maximum Gasteiger partial charge on any atom is 0.198 e. The number of aryl methyl sites for hydroxylation is 3. The third-order valence-electron chi connectivity index (χ3n) is 10.6. The third-order valence-corrected chi connectivity index (χ3v) is 10.8. The van der Waals surface area contributed by atoms with Crippen LogP contribution in [0.4, 0.5) is 45.5 Å². The van der Waals surface area contributed by atoms with Crippen molar-refractivity contribution in [1.82, 2.24) is 0 Å². The van der Waals surface area contributed by atoms with Crippen LogP contribution in [-0.4, -0.2) is 11.6 Å². The second-order valence-electron chi connectivity index (χ2n) is 14.9. The van der Waals surface area contributed by atoms with Crippen molar-refractivity contribution in [3.8, 4) is 0 Å². The Morgan fingerprint density at radius 1 is 0.368 bits per heavy atom. The summed E-state index contributed by atoms with van der Waals surface area (Å²) in [6.45, 7) is 6.58. The van der Waals surface area contributed by atoms with Gasteiger partial charge in [-0.3, -0.25) is 9.59 Å². The Bertz CT molecular complexity index is 2330. The molecule has 6 nitrogen and oxygen atoms in total. The topological polar surface area (TPSA) is 82.3 Å². The van der Waals surface area contributed by atoms with Crippen molar-refractivity contribution in [2.75, 3.05) is 21.3 Å². The summed E-state index contributed by atoms with van der Waals surface area (Å²) >= 11 is 6.23. The first-order valence-electron chi connectivity index (χ1n) is 20.4. The number of unbranched alkanes of at least 4 members (excludes halogenated alkanes) is 3. The van der Waals surface area contributed by atoms with Gasteiger partial charge in [0.25, 0.3) is 0 Å².